The third-order valence-electron chi connectivity index (χ3n) is 6.58. The molecule has 0 N–H and O–H groups in total. The molecule has 0 spiro atoms. The molecule has 172 valence electrons. The maximum Gasteiger partial charge on any atom is 0.273 e. The van der Waals surface area contributed by atoms with Crippen molar-refractivity contribution in [3.8, 4) is 0 Å². The Balaban J connectivity index is 1.71. The molecule has 0 aromatic heterocycles. The van der Waals surface area contributed by atoms with Gasteiger partial charge in [-0.3, -0.25) is 19.2 Å². The number of hydrogen-bond donors (Lipinski definition) is 0. The quantitative estimate of drug-likeness (QED) is 0.438. The van der Waals surface area contributed by atoms with Gasteiger partial charge in [0.2, 0.25) is 0 Å². The van der Waals surface area contributed by atoms with Crippen LogP contribution in [0.15, 0.2) is 36.4 Å². The molecule has 2 aromatic carbocycles. The Morgan fingerprint density at radius 2 is 1.48 bits per heavy atom. The SMILES string of the molecule is Cc1ccc(C(=O)CN(C(=O)c2ccc(Cl)c(Cl)c2)N2C(=O)[C@H]3CCCC[C@@H]3C2=O)cc1C. The summed E-state index contributed by atoms with van der Waals surface area (Å²) in [4.78, 5) is 53.1. The van der Waals surface area contributed by atoms with Crippen LogP contribution in [0.1, 0.15) is 57.5 Å². The molecule has 6 nitrogen and oxygen atoms in total. The summed E-state index contributed by atoms with van der Waals surface area (Å²) < 4.78 is 0. The van der Waals surface area contributed by atoms with Gasteiger partial charge in [-0.05, 0) is 62.1 Å². The van der Waals surface area contributed by atoms with Crippen LogP contribution in [-0.2, 0) is 9.59 Å². The molecule has 0 radical (unpaired) electrons. The van der Waals surface area contributed by atoms with E-state index in [1.807, 2.05) is 19.9 Å². The van der Waals surface area contributed by atoms with Gasteiger partial charge in [-0.2, -0.15) is 5.01 Å². The number of fused-ring (bicyclic) bond motifs is 1. The average Bonchev–Trinajstić information content (AvgIpc) is 3.05. The number of ketones is 1. The number of carbonyl (C=O) groups excluding carboxylic acids is 4. The van der Waals surface area contributed by atoms with Gasteiger partial charge in [-0.1, -0.05) is 48.2 Å². The molecule has 33 heavy (non-hydrogen) atoms. The number of hydrogen-bond acceptors (Lipinski definition) is 4. The van der Waals surface area contributed by atoms with Crippen LogP contribution in [-0.4, -0.2) is 40.1 Å². The fraction of sp³-hybridized carbons (Fsp3) is 0.360. The van der Waals surface area contributed by atoms with Crippen LogP contribution < -0.4 is 0 Å². The number of carbonyl (C=O) groups is 4. The minimum absolute atomic E-state index is 0.132. The van der Waals surface area contributed by atoms with Crippen molar-refractivity contribution in [2.45, 2.75) is 39.5 Å². The van der Waals surface area contributed by atoms with Crippen molar-refractivity contribution in [1.82, 2.24) is 10.0 Å². The van der Waals surface area contributed by atoms with Crippen molar-refractivity contribution < 1.29 is 19.2 Å². The second-order valence-corrected chi connectivity index (χ2v) is 9.51. The fourth-order valence-electron chi connectivity index (χ4n) is 4.54. The number of benzene rings is 2. The summed E-state index contributed by atoms with van der Waals surface area (Å²) in [5.41, 5.74) is 2.50. The van der Waals surface area contributed by atoms with E-state index < -0.39 is 36.1 Å². The number of amides is 3. The molecule has 1 aliphatic carbocycles. The number of rotatable bonds is 5. The first-order chi connectivity index (χ1) is 15.7. The largest absolute Gasteiger partial charge is 0.292 e. The first-order valence-electron chi connectivity index (χ1n) is 10.9. The van der Waals surface area contributed by atoms with Crippen LogP contribution in [0.3, 0.4) is 0 Å². The molecule has 2 aliphatic rings. The summed E-state index contributed by atoms with van der Waals surface area (Å²) >= 11 is 12.1. The Bertz CT molecular complexity index is 1140. The van der Waals surface area contributed by atoms with Gasteiger partial charge >= 0.3 is 0 Å². The molecule has 2 aromatic rings. The van der Waals surface area contributed by atoms with E-state index in [0.29, 0.717) is 18.4 Å². The van der Waals surface area contributed by atoms with E-state index in [4.69, 9.17) is 23.2 Å². The number of halogens is 2. The van der Waals surface area contributed by atoms with Crippen LogP contribution in [0, 0.1) is 25.7 Å². The molecular weight excluding hydrogens is 463 g/mol. The number of imide groups is 1. The van der Waals surface area contributed by atoms with E-state index in [1.54, 1.807) is 12.1 Å². The minimum atomic E-state index is -0.661. The summed E-state index contributed by atoms with van der Waals surface area (Å²) in [6, 6.07) is 9.55. The number of hydrazine groups is 1. The smallest absolute Gasteiger partial charge is 0.273 e. The number of nitrogens with zero attached hydrogens (tertiary/aromatic N) is 2. The van der Waals surface area contributed by atoms with Gasteiger partial charge in [-0.15, -0.1) is 0 Å². The van der Waals surface area contributed by atoms with Crippen LogP contribution in [0.4, 0.5) is 0 Å². The van der Waals surface area contributed by atoms with Gasteiger partial charge in [0.1, 0.15) is 6.54 Å². The standard InChI is InChI=1S/C25H24Cl2N2O4/c1-14-7-8-16(11-15(14)2)22(30)13-28(23(31)17-9-10-20(26)21(27)12-17)29-24(32)18-5-3-4-6-19(18)25(29)33/h7-12,18-19H,3-6,13H2,1-2H3/t18-,19-/m0/s1. The third-order valence-corrected chi connectivity index (χ3v) is 7.32. The molecule has 1 heterocycles. The molecular formula is C25H24Cl2N2O4. The normalized spacial score (nSPS) is 20.1. The predicted octanol–water partition coefficient (Wildman–Crippen LogP) is 5.03. The summed E-state index contributed by atoms with van der Waals surface area (Å²) in [5.74, 6) is -2.79. The lowest BCUT2D eigenvalue weighted by Crippen LogP contribution is -2.52. The molecule has 3 amide bonds. The minimum Gasteiger partial charge on any atom is -0.292 e. The van der Waals surface area contributed by atoms with Crippen LogP contribution in [0.2, 0.25) is 10.0 Å². The topological polar surface area (TPSA) is 74.8 Å². The van der Waals surface area contributed by atoms with Gasteiger partial charge < -0.3 is 0 Å². The highest BCUT2D eigenvalue weighted by atomic mass is 35.5. The third kappa shape index (κ3) is 4.42. The van der Waals surface area contributed by atoms with Crippen LogP contribution in [0.5, 0.6) is 0 Å². The Morgan fingerprint density at radius 1 is 0.879 bits per heavy atom. The van der Waals surface area contributed by atoms with Crippen molar-refractivity contribution >= 4 is 46.7 Å². The second kappa shape index (κ2) is 9.27. The zero-order valence-electron chi connectivity index (χ0n) is 18.4. The van der Waals surface area contributed by atoms with E-state index in [-0.39, 0.29) is 21.4 Å². The molecule has 1 aliphatic heterocycles. The maximum atomic E-state index is 13.5. The van der Waals surface area contributed by atoms with Crippen molar-refractivity contribution in [3.05, 3.63) is 68.7 Å². The Morgan fingerprint density at radius 3 is 2.06 bits per heavy atom. The van der Waals surface area contributed by atoms with Crippen molar-refractivity contribution in [3.63, 3.8) is 0 Å². The van der Waals surface area contributed by atoms with E-state index in [1.165, 1.54) is 18.2 Å². The lowest BCUT2D eigenvalue weighted by atomic mass is 9.81. The lowest BCUT2D eigenvalue weighted by Gasteiger charge is -2.30. The zero-order valence-corrected chi connectivity index (χ0v) is 19.9. The molecule has 2 fully saturated rings. The number of Topliss-reactive ketones (excluding diaryl/α,β-unsaturated/α-hetero) is 1. The highest BCUT2D eigenvalue weighted by Crippen LogP contribution is 2.39. The van der Waals surface area contributed by atoms with E-state index in [2.05, 4.69) is 0 Å². The molecule has 0 bridgehead atoms. The molecule has 8 heteroatoms. The predicted molar refractivity (Wildman–Crippen MR) is 125 cm³/mol. The lowest BCUT2D eigenvalue weighted by molar-refractivity contribution is -0.154. The molecule has 2 atom stereocenters. The molecule has 1 saturated carbocycles. The van der Waals surface area contributed by atoms with E-state index in [0.717, 1.165) is 34.0 Å². The highest BCUT2D eigenvalue weighted by molar-refractivity contribution is 6.42. The van der Waals surface area contributed by atoms with Crippen molar-refractivity contribution in [1.29, 1.82) is 0 Å². The summed E-state index contributed by atoms with van der Waals surface area (Å²) in [6.07, 6.45) is 2.92. The summed E-state index contributed by atoms with van der Waals surface area (Å²) in [5, 5.41) is 2.30. The Hall–Kier alpha value is -2.70. The Labute approximate surface area is 202 Å². The van der Waals surface area contributed by atoms with E-state index >= 15 is 0 Å². The Kier molecular flexibility index (Phi) is 6.59. The average molecular weight is 487 g/mol. The van der Waals surface area contributed by atoms with Crippen LogP contribution >= 0.6 is 23.2 Å². The first kappa shape index (κ1) is 23.5. The second-order valence-electron chi connectivity index (χ2n) is 8.70. The molecule has 4 rings (SSSR count). The highest BCUT2D eigenvalue weighted by Gasteiger charge is 2.51. The summed E-state index contributed by atoms with van der Waals surface area (Å²) in [6.45, 7) is 3.38. The first-order valence-corrected chi connectivity index (χ1v) is 11.7. The molecule has 1 saturated heterocycles. The van der Waals surface area contributed by atoms with Crippen molar-refractivity contribution in [2.75, 3.05) is 6.54 Å². The monoisotopic (exact) mass is 486 g/mol. The van der Waals surface area contributed by atoms with Crippen molar-refractivity contribution in [2.24, 2.45) is 11.8 Å². The van der Waals surface area contributed by atoms with Crippen LogP contribution in [0.25, 0.3) is 0 Å². The zero-order chi connectivity index (χ0) is 23.9. The van der Waals surface area contributed by atoms with Gasteiger partial charge in [0.25, 0.3) is 17.7 Å². The van der Waals surface area contributed by atoms with Gasteiger partial charge in [0.05, 0.1) is 21.9 Å². The van der Waals surface area contributed by atoms with Gasteiger partial charge in [0.15, 0.2) is 5.78 Å². The molecule has 0 unspecified atom stereocenters. The van der Waals surface area contributed by atoms with Gasteiger partial charge in [0, 0.05) is 11.1 Å². The van der Waals surface area contributed by atoms with E-state index in [9.17, 15) is 19.2 Å². The van der Waals surface area contributed by atoms with Gasteiger partial charge in [-0.25, -0.2) is 5.01 Å². The number of aryl methyl sites for hydroxylation is 2. The maximum absolute atomic E-state index is 13.5. The fourth-order valence-corrected chi connectivity index (χ4v) is 4.83. The summed E-state index contributed by atoms with van der Waals surface area (Å²) in [7, 11) is 0.